The zero-order valence-corrected chi connectivity index (χ0v) is 5.20. The van der Waals surface area contributed by atoms with Crippen LogP contribution in [-0.4, -0.2) is 6.26 Å². The molecule has 0 aliphatic carbocycles. The average Bonchev–Trinajstić information content (AvgIpc) is 1.61. The Morgan fingerprint density at radius 1 is 1.57 bits per heavy atom. The Morgan fingerprint density at radius 3 is 2.14 bits per heavy atom. The fourth-order valence-corrected chi connectivity index (χ4v) is 0.937. The van der Waals surface area contributed by atoms with E-state index in [1.807, 2.05) is 0 Å². The molecule has 0 spiro atoms. The molecule has 1 aliphatic rings. The molecule has 42 valence electrons. The largest absolute Gasteiger partial charge is 0.738 e. The van der Waals surface area contributed by atoms with Crippen molar-refractivity contribution in [2.45, 2.75) is 0 Å². The smallest absolute Gasteiger partial charge is 0.379 e. The molecule has 0 bridgehead atoms. The van der Waals surface area contributed by atoms with Gasteiger partial charge in [0.1, 0.15) is 0 Å². The van der Waals surface area contributed by atoms with Gasteiger partial charge in [0.05, 0.1) is 0 Å². The monoisotopic (exact) mass is 142 g/mol. The standard InChI is InChI=1S/CH3O4PS/c1-7-6(2)4-3-5-6/h1H3. The predicted molar refractivity (Wildman–Crippen MR) is 23.5 cm³/mol. The topological polar surface area (TPSA) is 50.8 Å². The summed E-state index contributed by atoms with van der Waals surface area (Å²) < 4.78 is 8.13. The van der Waals surface area contributed by atoms with Gasteiger partial charge in [-0.3, -0.25) is 0 Å². The molecule has 0 N–H and O–H groups in total. The highest BCUT2D eigenvalue weighted by Gasteiger charge is 2.30. The third kappa shape index (κ3) is 0.991. The van der Waals surface area contributed by atoms with E-state index in [2.05, 4.69) is 14.4 Å². The van der Waals surface area contributed by atoms with E-state index < -0.39 is 6.72 Å². The van der Waals surface area contributed by atoms with Crippen LogP contribution in [0.5, 0.6) is 0 Å². The van der Waals surface area contributed by atoms with E-state index in [4.69, 9.17) is 0 Å². The molecular weight excluding hydrogens is 139 g/mol. The second-order valence-electron chi connectivity index (χ2n) is 0.847. The molecule has 4 nitrogen and oxygen atoms in total. The zero-order chi connectivity index (χ0) is 5.33. The van der Waals surface area contributed by atoms with Gasteiger partial charge in [0, 0.05) is 0 Å². The molecule has 0 unspecified atom stereocenters. The fourth-order valence-electron chi connectivity index (χ4n) is 0.141. The molecular formula is CH3O4PS. The fraction of sp³-hybridized carbons (Fsp3) is 1.00. The first-order valence-electron chi connectivity index (χ1n) is 1.47. The molecule has 0 aromatic heterocycles. The molecule has 1 heterocycles. The van der Waals surface area contributed by atoms with E-state index >= 15 is 0 Å². The third-order valence-corrected chi connectivity index (χ3v) is 3.11. The Kier molecular flexibility index (Phi) is 1.43. The molecule has 0 amide bonds. The lowest BCUT2D eigenvalue weighted by Crippen LogP contribution is -2.18. The molecule has 1 fully saturated rings. The lowest BCUT2D eigenvalue weighted by Gasteiger charge is -2.22. The first kappa shape index (κ1) is 5.62. The maximum absolute atomic E-state index is 10.4. The minimum absolute atomic E-state index is 1.000. The lowest BCUT2D eigenvalue weighted by atomic mass is 12.0. The van der Waals surface area contributed by atoms with Crippen LogP contribution in [0.15, 0.2) is 0 Å². The Labute approximate surface area is 44.1 Å². The molecule has 0 radical (unpaired) electrons. The highest BCUT2D eigenvalue weighted by Crippen LogP contribution is 2.49. The molecule has 0 atom stereocenters. The van der Waals surface area contributed by atoms with Crippen molar-refractivity contribution >= 4 is 17.7 Å². The van der Waals surface area contributed by atoms with Crippen LogP contribution < -0.4 is 4.89 Å². The van der Waals surface area contributed by atoms with Gasteiger partial charge in [-0.2, -0.15) is 0 Å². The highest BCUT2D eigenvalue weighted by molar-refractivity contribution is 8.16. The Morgan fingerprint density at radius 2 is 2.14 bits per heavy atom. The second kappa shape index (κ2) is 1.78. The van der Waals surface area contributed by atoms with Crippen LogP contribution in [0.3, 0.4) is 0 Å². The minimum atomic E-state index is -2.78. The summed E-state index contributed by atoms with van der Waals surface area (Å²) in [6, 6.07) is 0. The maximum atomic E-state index is 10.4. The van der Waals surface area contributed by atoms with Crippen molar-refractivity contribution in [2.75, 3.05) is 6.26 Å². The van der Waals surface area contributed by atoms with E-state index in [1.165, 1.54) is 0 Å². The number of hydrogen-bond acceptors (Lipinski definition) is 4. The van der Waals surface area contributed by atoms with Crippen molar-refractivity contribution < 1.29 is 19.3 Å². The quantitative estimate of drug-likeness (QED) is 0.263. The van der Waals surface area contributed by atoms with Crippen molar-refractivity contribution in [1.82, 2.24) is 0 Å². The van der Waals surface area contributed by atoms with Gasteiger partial charge < -0.3 is 4.89 Å². The van der Waals surface area contributed by atoms with E-state index in [0.717, 1.165) is 10.9 Å². The van der Waals surface area contributed by atoms with Crippen LogP contribution in [-0.2, 0) is 25.3 Å². The summed E-state index contributed by atoms with van der Waals surface area (Å²) >= 11 is 0. The van der Waals surface area contributed by atoms with Crippen LogP contribution in [0.1, 0.15) is 0 Å². The molecule has 1 aliphatic heterocycles. The van der Waals surface area contributed by atoms with E-state index in [9.17, 15) is 4.89 Å². The van der Waals surface area contributed by atoms with Crippen LogP contribution in [0.4, 0.5) is 0 Å². The highest BCUT2D eigenvalue weighted by atomic mass is 32.5. The van der Waals surface area contributed by atoms with Crippen LogP contribution in [0, 0.1) is 0 Å². The van der Waals surface area contributed by atoms with Crippen molar-refractivity contribution in [3.05, 3.63) is 0 Å². The van der Waals surface area contributed by atoms with E-state index in [1.54, 1.807) is 6.26 Å². The SMILES string of the molecule is C[S+]=P1([O-])OOO1. The van der Waals surface area contributed by atoms with Gasteiger partial charge in [-0.15, -0.1) is 9.35 Å². The van der Waals surface area contributed by atoms with Crippen LogP contribution in [0.2, 0.25) is 0 Å². The Hall–Kier alpha value is 0.490. The predicted octanol–water partition coefficient (Wildman–Crippen LogP) is -0.370. The van der Waals surface area contributed by atoms with Gasteiger partial charge in [-0.1, -0.05) is 0 Å². The summed E-state index contributed by atoms with van der Waals surface area (Å²) in [4.78, 5) is 10.4. The molecule has 1 rings (SSSR count). The first-order valence-corrected chi connectivity index (χ1v) is 4.84. The molecule has 7 heavy (non-hydrogen) atoms. The van der Waals surface area contributed by atoms with Crippen LogP contribution >= 0.6 is 6.72 Å². The third-order valence-electron chi connectivity index (χ3n) is 0.467. The van der Waals surface area contributed by atoms with Gasteiger partial charge in [-0.05, 0) is 5.04 Å². The molecule has 0 saturated carbocycles. The normalized spacial score (nSPS) is 26.0. The first-order chi connectivity index (χ1) is 3.27. The summed E-state index contributed by atoms with van der Waals surface area (Å²) in [6.07, 6.45) is 1.61. The van der Waals surface area contributed by atoms with Gasteiger partial charge in [0.15, 0.2) is 17.2 Å². The molecule has 0 aromatic carbocycles. The van der Waals surface area contributed by atoms with Gasteiger partial charge in [0.25, 0.3) is 0 Å². The summed E-state index contributed by atoms with van der Waals surface area (Å²) in [5, 5.41) is 3.74. The molecule has 1 saturated heterocycles. The number of rotatable bonds is 0. The van der Waals surface area contributed by atoms with Gasteiger partial charge in [-0.25, -0.2) is 0 Å². The Bertz CT molecular complexity index is 113. The maximum Gasteiger partial charge on any atom is 0.379 e. The minimum Gasteiger partial charge on any atom is -0.738 e. The average molecular weight is 142 g/mol. The lowest BCUT2D eigenvalue weighted by molar-refractivity contribution is -0.523. The van der Waals surface area contributed by atoms with E-state index in [0.29, 0.717) is 0 Å². The van der Waals surface area contributed by atoms with Crippen molar-refractivity contribution in [1.29, 1.82) is 0 Å². The summed E-state index contributed by atoms with van der Waals surface area (Å²) in [5.41, 5.74) is 0. The van der Waals surface area contributed by atoms with Crippen molar-refractivity contribution in [2.24, 2.45) is 0 Å². The summed E-state index contributed by atoms with van der Waals surface area (Å²) in [5.74, 6) is 0. The van der Waals surface area contributed by atoms with Gasteiger partial charge >= 0.3 is 6.72 Å². The summed E-state index contributed by atoms with van der Waals surface area (Å²) in [6.45, 7) is -2.78. The molecule has 0 aromatic rings. The van der Waals surface area contributed by atoms with Crippen molar-refractivity contribution in [3.63, 3.8) is 0 Å². The second-order valence-corrected chi connectivity index (χ2v) is 4.84. The zero-order valence-electron chi connectivity index (χ0n) is 3.49. The Balaban J connectivity index is 2.61. The molecule has 6 heteroatoms. The van der Waals surface area contributed by atoms with E-state index in [-0.39, 0.29) is 0 Å². The van der Waals surface area contributed by atoms with Crippen LogP contribution in [0.25, 0.3) is 0 Å². The number of hydrogen-bond donors (Lipinski definition) is 0. The van der Waals surface area contributed by atoms with Crippen molar-refractivity contribution in [3.8, 4) is 0 Å². The summed E-state index contributed by atoms with van der Waals surface area (Å²) in [7, 11) is 1.000. The van der Waals surface area contributed by atoms with Gasteiger partial charge in [0.2, 0.25) is 0 Å².